The van der Waals surface area contributed by atoms with Crippen LogP contribution in [0.4, 0.5) is 0 Å². The van der Waals surface area contributed by atoms with Crippen molar-refractivity contribution in [1.29, 1.82) is 0 Å². The Morgan fingerprint density at radius 2 is 0.720 bits per heavy atom. The first kappa shape index (κ1) is 71.2. The molecule has 0 amide bonds. The number of aliphatic carboxylic acids is 1. The third-order valence-corrected chi connectivity index (χ3v) is 12.8. The molecule has 2 unspecified atom stereocenters. The number of carboxylic acids is 1. The van der Waals surface area contributed by atoms with Gasteiger partial charge in [-0.1, -0.05) is 239 Å². The van der Waals surface area contributed by atoms with E-state index in [1.165, 1.54) is 116 Å². The molecule has 0 bridgehead atoms. The Morgan fingerprint density at radius 1 is 0.400 bits per heavy atom. The van der Waals surface area contributed by atoms with Crippen molar-refractivity contribution in [3.63, 3.8) is 0 Å². The van der Waals surface area contributed by atoms with E-state index in [0.29, 0.717) is 23.9 Å². The van der Waals surface area contributed by atoms with E-state index in [4.69, 9.17) is 18.9 Å². The molecule has 0 aliphatic heterocycles. The Hall–Kier alpha value is -3.79. The standard InChI is InChI=1S/C66H113NO8/c1-6-8-10-12-14-16-18-20-22-24-25-26-27-28-29-30-31-32-33-34-35-36-37-38-39-41-43-45-47-49-51-53-55-57-64(69)75-62(61-74-66(65(70)71)72-59-58-67(3,4)5)60-73-63(68)56-54-52-50-48-46-44-42-40-23-21-19-17-15-13-11-9-7-2/h8-11,14-17,20-23,25-26,42,44,62,66H,6-7,12-13,18-19,24,27-41,43,45-61H2,1-5H3/p+1/b10-8-,11-9-,16-14-,17-15-,22-20-,23-21-,26-25-,44-42-. The van der Waals surface area contributed by atoms with E-state index in [0.717, 1.165) is 89.9 Å². The molecule has 0 aromatic heterocycles. The lowest BCUT2D eigenvalue weighted by Gasteiger charge is -2.25. The second kappa shape index (κ2) is 56.4. The molecule has 0 spiro atoms. The van der Waals surface area contributed by atoms with Crippen LogP contribution in [0.5, 0.6) is 0 Å². The van der Waals surface area contributed by atoms with Crippen molar-refractivity contribution < 1.29 is 42.9 Å². The summed E-state index contributed by atoms with van der Waals surface area (Å²) < 4.78 is 22.9. The Balaban J connectivity index is 4.13. The summed E-state index contributed by atoms with van der Waals surface area (Å²) in [5, 5.41) is 9.70. The van der Waals surface area contributed by atoms with Gasteiger partial charge in [0.05, 0.1) is 34.4 Å². The molecule has 0 saturated heterocycles. The maximum atomic E-state index is 12.9. The molecule has 0 aromatic rings. The summed E-state index contributed by atoms with van der Waals surface area (Å²) in [6.07, 6.45) is 73.6. The molecule has 0 aliphatic carbocycles. The van der Waals surface area contributed by atoms with Gasteiger partial charge in [0, 0.05) is 12.8 Å². The van der Waals surface area contributed by atoms with Gasteiger partial charge in [-0.2, -0.15) is 0 Å². The van der Waals surface area contributed by atoms with Gasteiger partial charge in [0.25, 0.3) is 6.29 Å². The number of carboxylic acid groups (broad SMARTS) is 1. The first-order valence-electron chi connectivity index (χ1n) is 30.4. The number of carbonyl (C=O) groups is 3. The molecule has 2 atom stereocenters. The molecule has 0 heterocycles. The largest absolute Gasteiger partial charge is 0.477 e. The number of carbonyl (C=O) groups excluding carboxylic acids is 2. The van der Waals surface area contributed by atoms with E-state index in [9.17, 15) is 19.5 Å². The number of ether oxygens (including phenoxy) is 4. The van der Waals surface area contributed by atoms with Gasteiger partial charge in [-0.3, -0.25) is 9.59 Å². The van der Waals surface area contributed by atoms with Crippen LogP contribution >= 0.6 is 0 Å². The lowest BCUT2D eigenvalue weighted by atomic mass is 10.0. The van der Waals surface area contributed by atoms with Crippen LogP contribution < -0.4 is 0 Å². The quantitative estimate of drug-likeness (QED) is 0.0211. The number of hydrogen-bond donors (Lipinski definition) is 1. The van der Waals surface area contributed by atoms with Crippen molar-refractivity contribution in [3.05, 3.63) is 97.2 Å². The predicted octanol–water partition coefficient (Wildman–Crippen LogP) is 18.1. The fourth-order valence-corrected chi connectivity index (χ4v) is 8.23. The minimum Gasteiger partial charge on any atom is -0.477 e. The highest BCUT2D eigenvalue weighted by Gasteiger charge is 2.25. The molecule has 0 aromatic carbocycles. The highest BCUT2D eigenvalue weighted by Crippen LogP contribution is 2.17. The van der Waals surface area contributed by atoms with Crippen LogP contribution in [0.2, 0.25) is 0 Å². The number of unbranched alkanes of at least 4 members (excludes halogenated alkanes) is 24. The van der Waals surface area contributed by atoms with Gasteiger partial charge in [0.2, 0.25) is 0 Å². The molecule has 9 nitrogen and oxygen atoms in total. The Labute approximate surface area is 461 Å². The van der Waals surface area contributed by atoms with Gasteiger partial charge < -0.3 is 28.5 Å². The molecule has 0 fully saturated rings. The first-order chi connectivity index (χ1) is 36.6. The number of allylic oxidation sites excluding steroid dienone is 16. The van der Waals surface area contributed by atoms with Crippen molar-refractivity contribution in [2.45, 2.75) is 257 Å². The van der Waals surface area contributed by atoms with Crippen LogP contribution in [0.25, 0.3) is 0 Å². The van der Waals surface area contributed by atoms with Crippen LogP contribution in [0.15, 0.2) is 97.2 Å². The lowest BCUT2D eigenvalue weighted by Crippen LogP contribution is -2.40. The maximum Gasteiger partial charge on any atom is 0.361 e. The molecule has 0 saturated carbocycles. The van der Waals surface area contributed by atoms with Gasteiger partial charge in [-0.15, -0.1) is 0 Å². The van der Waals surface area contributed by atoms with Crippen LogP contribution in [-0.4, -0.2) is 87.4 Å². The summed E-state index contributed by atoms with van der Waals surface area (Å²) in [5.74, 6) is -2.04. The second-order valence-corrected chi connectivity index (χ2v) is 21.2. The number of quaternary nitrogens is 1. The van der Waals surface area contributed by atoms with Crippen LogP contribution in [0.1, 0.15) is 245 Å². The minimum atomic E-state index is -1.52. The number of likely N-dealkylation sites (N-methyl/N-ethyl adjacent to an activating group) is 1. The predicted molar refractivity (Wildman–Crippen MR) is 318 cm³/mol. The monoisotopic (exact) mass is 1050 g/mol. The molecule has 75 heavy (non-hydrogen) atoms. The van der Waals surface area contributed by atoms with Crippen molar-refractivity contribution >= 4 is 17.9 Å². The summed E-state index contributed by atoms with van der Waals surface area (Å²) in [7, 11) is 5.96. The van der Waals surface area contributed by atoms with Gasteiger partial charge in [0.15, 0.2) is 6.10 Å². The van der Waals surface area contributed by atoms with Crippen molar-refractivity contribution in [1.82, 2.24) is 0 Å². The molecule has 0 radical (unpaired) electrons. The number of rotatable bonds is 55. The second-order valence-electron chi connectivity index (χ2n) is 21.2. The highest BCUT2D eigenvalue weighted by molar-refractivity contribution is 5.71. The van der Waals surface area contributed by atoms with E-state index in [2.05, 4.69) is 111 Å². The highest BCUT2D eigenvalue weighted by atomic mass is 16.7. The summed E-state index contributed by atoms with van der Waals surface area (Å²) in [4.78, 5) is 37.4. The van der Waals surface area contributed by atoms with Crippen molar-refractivity contribution in [2.75, 3.05) is 47.5 Å². The van der Waals surface area contributed by atoms with Crippen molar-refractivity contribution in [2.24, 2.45) is 0 Å². The van der Waals surface area contributed by atoms with E-state index in [1.807, 2.05) is 21.1 Å². The van der Waals surface area contributed by atoms with Gasteiger partial charge in [0.1, 0.15) is 13.2 Å². The van der Waals surface area contributed by atoms with Crippen LogP contribution in [-0.2, 0) is 33.3 Å². The molecule has 1 N–H and O–H groups in total. The lowest BCUT2D eigenvalue weighted by molar-refractivity contribution is -0.870. The van der Waals surface area contributed by atoms with E-state index < -0.39 is 24.3 Å². The summed E-state index contributed by atoms with van der Waals surface area (Å²) in [6, 6.07) is 0. The number of hydrogen-bond acceptors (Lipinski definition) is 7. The fourth-order valence-electron chi connectivity index (χ4n) is 8.23. The Bertz CT molecular complexity index is 1550. The summed E-state index contributed by atoms with van der Waals surface area (Å²) in [5.41, 5.74) is 0. The maximum absolute atomic E-state index is 12.9. The molecule has 0 aliphatic rings. The van der Waals surface area contributed by atoms with Crippen LogP contribution in [0, 0.1) is 0 Å². The smallest absolute Gasteiger partial charge is 0.361 e. The molecular formula is C66H114NO8+. The van der Waals surface area contributed by atoms with Gasteiger partial charge in [-0.05, 0) is 89.9 Å². The Kier molecular flexibility index (Phi) is 53.6. The molecular weight excluding hydrogens is 935 g/mol. The molecule has 430 valence electrons. The fraction of sp³-hybridized carbons (Fsp3) is 0.712. The number of esters is 2. The Morgan fingerprint density at radius 3 is 1.07 bits per heavy atom. The normalized spacial score (nSPS) is 13.5. The third-order valence-electron chi connectivity index (χ3n) is 12.8. The molecule has 9 heteroatoms. The van der Waals surface area contributed by atoms with E-state index >= 15 is 0 Å². The summed E-state index contributed by atoms with van der Waals surface area (Å²) >= 11 is 0. The van der Waals surface area contributed by atoms with Gasteiger partial charge in [-0.25, -0.2) is 4.79 Å². The number of nitrogens with zero attached hydrogens (tertiary/aromatic N) is 1. The average molecular weight is 1050 g/mol. The first-order valence-corrected chi connectivity index (χ1v) is 30.4. The third kappa shape index (κ3) is 57.7. The molecule has 0 rings (SSSR count). The topological polar surface area (TPSA) is 108 Å². The SMILES string of the molecule is CC/C=C\C/C=C\C/C=C\C/C=C\CCCCCCCCCCCCCCCCCCCCCCC(=O)OC(COC(=O)CCCCCC/C=C\C/C=C\C/C=C\C/C=C\CC)COC(OCC[N+](C)(C)C)C(=O)O. The summed E-state index contributed by atoms with van der Waals surface area (Å²) in [6.45, 7) is 4.63. The average Bonchev–Trinajstić information content (AvgIpc) is 3.38. The van der Waals surface area contributed by atoms with Crippen LogP contribution in [0.3, 0.4) is 0 Å². The van der Waals surface area contributed by atoms with E-state index in [-0.39, 0.29) is 38.6 Å². The zero-order valence-electron chi connectivity index (χ0n) is 48.9. The minimum absolute atomic E-state index is 0.180. The van der Waals surface area contributed by atoms with Crippen molar-refractivity contribution in [3.8, 4) is 0 Å². The van der Waals surface area contributed by atoms with Gasteiger partial charge >= 0.3 is 17.9 Å². The zero-order chi connectivity index (χ0) is 54.8. The zero-order valence-corrected chi connectivity index (χ0v) is 48.9. The van der Waals surface area contributed by atoms with E-state index in [1.54, 1.807) is 0 Å².